The van der Waals surface area contributed by atoms with Gasteiger partial charge in [-0.1, -0.05) is 45.4 Å². The first-order valence-corrected chi connectivity index (χ1v) is 12.7. The van der Waals surface area contributed by atoms with Gasteiger partial charge in [-0.3, -0.25) is 4.79 Å². The third-order valence-corrected chi connectivity index (χ3v) is 10.5. The zero-order valence-electron chi connectivity index (χ0n) is 20.4. The maximum absolute atomic E-state index is 12.1. The molecule has 0 heterocycles. The van der Waals surface area contributed by atoms with Crippen LogP contribution in [0.1, 0.15) is 92.4 Å². The fraction of sp³-hybridized carbons (Fsp3) is 0.821. The van der Waals surface area contributed by atoms with Crippen LogP contribution in [0, 0.1) is 40.4 Å². The van der Waals surface area contributed by atoms with Crippen LogP contribution in [0.25, 0.3) is 0 Å². The van der Waals surface area contributed by atoms with Crippen molar-refractivity contribution in [3.8, 4) is 0 Å². The normalized spacial score (nSPS) is 44.2. The molecule has 0 aromatic rings. The van der Waals surface area contributed by atoms with Crippen LogP contribution in [0.5, 0.6) is 0 Å². The maximum Gasteiger partial charge on any atom is 0.155 e. The summed E-state index contributed by atoms with van der Waals surface area (Å²) in [6.45, 7) is 15.4. The van der Waals surface area contributed by atoms with Crippen molar-refractivity contribution in [2.75, 3.05) is 0 Å². The number of ketones is 1. The molecule has 3 heteroatoms. The Kier molecular flexibility index (Phi) is 5.87. The molecule has 31 heavy (non-hydrogen) atoms. The van der Waals surface area contributed by atoms with Crippen LogP contribution in [-0.4, -0.2) is 27.7 Å². The second-order valence-corrected chi connectivity index (χ2v) is 12.5. The van der Waals surface area contributed by atoms with Crippen LogP contribution in [0.4, 0.5) is 0 Å². The van der Waals surface area contributed by atoms with E-state index in [2.05, 4.69) is 41.2 Å². The highest BCUT2D eigenvalue weighted by Gasteiger charge is 2.63. The van der Waals surface area contributed by atoms with E-state index in [1.165, 1.54) is 11.1 Å². The monoisotopic (exact) mass is 428 g/mol. The van der Waals surface area contributed by atoms with Crippen molar-refractivity contribution in [3.05, 3.63) is 23.8 Å². The van der Waals surface area contributed by atoms with Gasteiger partial charge in [0, 0.05) is 6.42 Å². The Hall–Kier alpha value is -0.930. The number of hydrogen-bond donors (Lipinski definition) is 2. The summed E-state index contributed by atoms with van der Waals surface area (Å²) in [6.07, 6.45) is 9.79. The van der Waals surface area contributed by atoms with Crippen LogP contribution < -0.4 is 0 Å². The summed E-state index contributed by atoms with van der Waals surface area (Å²) in [4.78, 5) is 12.1. The van der Waals surface area contributed by atoms with Gasteiger partial charge in [-0.2, -0.15) is 0 Å². The Labute approximate surface area is 189 Å². The molecule has 4 aliphatic rings. The van der Waals surface area contributed by atoms with Gasteiger partial charge in [-0.25, -0.2) is 0 Å². The van der Waals surface area contributed by atoms with Crippen molar-refractivity contribution in [2.24, 2.45) is 40.4 Å². The first-order valence-electron chi connectivity index (χ1n) is 12.7. The average molecular weight is 429 g/mol. The highest BCUT2D eigenvalue weighted by atomic mass is 16.3. The number of carbonyl (C=O) groups is 1. The van der Waals surface area contributed by atoms with E-state index in [0.717, 1.165) is 44.9 Å². The predicted octanol–water partition coefficient (Wildman–Crippen LogP) is 5.85. The number of aliphatic hydroxyl groups is 2. The Morgan fingerprint density at radius 3 is 2.61 bits per heavy atom. The van der Waals surface area contributed by atoms with Crippen molar-refractivity contribution in [1.29, 1.82) is 0 Å². The van der Waals surface area contributed by atoms with Crippen LogP contribution in [-0.2, 0) is 4.79 Å². The topological polar surface area (TPSA) is 57.5 Å². The summed E-state index contributed by atoms with van der Waals surface area (Å²) >= 11 is 0. The van der Waals surface area contributed by atoms with Gasteiger partial charge in [-0.05, 0) is 105 Å². The summed E-state index contributed by atoms with van der Waals surface area (Å²) in [5.74, 6) is 2.18. The minimum absolute atomic E-state index is 0.0642. The zero-order valence-corrected chi connectivity index (χ0v) is 20.4. The van der Waals surface area contributed by atoms with Crippen molar-refractivity contribution in [1.82, 2.24) is 0 Å². The molecule has 0 unspecified atom stereocenters. The quantitative estimate of drug-likeness (QED) is 0.540. The Bertz CT molecular complexity index is 777. The SMILES string of the molecule is C=C(CC[C@](C)(O)[C@@H]1CC[C@H]2[C@@H]3[C@H](O)CC4=CC(=O)CC[C@]4(C)[C@@H]3CC[C@]12C)C(C)C. The van der Waals surface area contributed by atoms with E-state index in [1.54, 1.807) is 0 Å². The highest BCUT2D eigenvalue weighted by molar-refractivity contribution is 5.91. The maximum atomic E-state index is 12.1. The summed E-state index contributed by atoms with van der Waals surface area (Å²) in [5, 5.41) is 22.9. The number of fused-ring (bicyclic) bond motifs is 5. The standard InChI is InChI=1S/C28H44O3/c1-17(2)18(3)9-14-28(6,31)24-8-7-21-25-22(11-13-27(21,24)5)26(4)12-10-20(29)15-19(26)16-23(25)30/h15,17,21-25,30-31H,3,7-14,16H2,1-2,4-6H3/t21-,22+,23+,24+,25-,26-,27-,28-/m0/s1. The lowest BCUT2D eigenvalue weighted by atomic mass is 9.45. The van der Waals surface area contributed by atoms with Crippen molar-refractivity contribution >= 4 is 5.78 Å². The molecule has 0 aliphatic heterocycles. The molecule has 0 bridgehead atoms. The predicted molar refractivity (Wildman–Crippen MR) is 125 cm³/mol. The molecule has 0 radical (unpaired) electrons. The van der Waals surface area contributed by atoms with Gasteiger partial charge in [0.25, 0.3) is 0 Å². The third kappa shape index (κ3) is 3.68. The lowest BCUT2D eigenvalue weighted by Crippen LogP contribution is -2.57. The third-order valence-electron chi connectivity index (χ3n) is 10.5. The minimum atomic E-state index is -0.694. The van der Waals surface area contributed by atoms with Gasteiger partial charge >= 0.3 is 0 Å². The van der Waals surface area contributed by atoms with Gasteiger partial charge in [0.2, 0.25) is 0 Å². The first kappa shape index (κ1) is 23.2. The highest BCUT2D eigenvalue weighted by Crippen LogP contribution is 2.68. The first-order chi connectivity index (χ1) is 14.4. The number of allylic oxidation sites excluding steroid dienone is 1. The van der Waals surface area contributed by atoms with Crippen LogP contribution in [0.3, 0.4) is 0 Å². The molecule has 3 nitrogen and oxygen atoms in total. The molecule has 0 aromatic heterocycles. The van der Waals surface area contributed by atoms with Crippen LogP contribution >= 0.6 is 0 Å². The lowest BCUT2D eigenvalue weighted by Gasteiger charge is -2.60. The van der Waals surface area contributed by atoms with Crippen LogP contribution in [0.15, 0.2) is 23.8 Å². The summed E-state index contributed by atoms with van der Waals surface area (Å²) < 4.78 is 0. The van der Waals surface area contributed by atoms with E-state index in [4.69, 9.17) is 0 Å². The number of hydrogen-bond acceptors (Lipinski definition) is 3. The molecule has 3 fully saturated rings. The van der Waals surface area contributed by atoms with E-state index >= 15 is 0 Å². The molecule has 2 N–H and O–H groups in total. The summed E-state index contributed by atoms with van der Waals surface area (Å²) in [6, 6.07) is 0. The molecule has 3 saturated carbocycles. The van der Waals surface area contributed by atoms with E-state index in [-0.39, 0.29) is 28.6 Å². The second kappa shape index (κ2) is 7.83. The summed E-state index contributed by atoms with van der Waals surface area (Å²) in [7, 11) is 0. The fourth-order valence-corrected chi connectivity index (χ4v) is 8.42. The molecule has 8 atom stereocenters. The smallest absolute Gasteiger partial charge is 0.155 e. The molecular weight excluding hydrogens is 384 g/mol. The van der Waals surface area contributed by atoms with Gasteiger partial charge in [0.05, 0.1) is 11.7 Å². The van der Waals surface area contributed by atoms with Crippen molar-refractivity contribution < 1.29 is 15.0 Å². The largest absolute Gasteiger partial charge is 0.392 e. The molecule has 0 aromatic carbocycles. The van der Waals surface area contributed by atoms with Crippen LogP contribution in [0.2, 0.25) is 0 Å². The lowest BCUT2D eigenvalue weighted by molar-refractivity contribution is -0.138. The van der Waals surface area contributed by atoms with E-state index in [1.807, 2.05) is 6.08 Å². The van der Waals surface area contributed by atoms with E-state index in [9.17, 15) is 15.0 Å². The number of carbonyl (C=O) groups excluding carboxylic acids is 1. The average Bonchev–Trinajstić information content (AvgIpc) is 3.05. The van der Waals surface area contributed by atoms with E-state index < -0.39 is 5.60 Å². The molecule has 174 valence electrons. The molecule has 0 saturated heterocycles. The molecule has 0 amide bonds. The Morgan fingerprint density at radius 2 is 1.94 bits per heavy atom. The van der Waals surface area contributed by atoms with E-state index in [0.29, 0.717) is 36.5 Å². The van der Waals surface area contributed by atoms with Crippen molar-refractivity contribution in [3.63, 3.8) is 0 Å². The number of rotatable bonds is 5. The second-order valence-electron chi connectivity index (χ2n) is 12.5. The van der Waals surface area contributed by atoms with Crippen molar-refractivity contribution in [2.45, 2.75) is 104 Å². The fourth-order valence-electron chi connectivity index (χ4n) is 8.42. The molecule has 4 rings (SSSR count). The van der Waals surface area contributed by atoms with Gasteiger partial charge in [0.1, 0.15) is 0 Å². The van der Waals surface area contributed by atoms with Gasteiger partial charge in [-0.15, -0.1) is 0 Å². The summed E-state index contributed by atoms with van der Waals surface area (Å²) in [5.41, 5.74) is 1.88. The number of aliphatic hydroxyl groups excluding tert-OH is 1. The minimum Gasteiger partial charge on any atom is -0.392 e. The Morgan fingerprint density at radius 1 is 1.23 bits per heavy atom. The zero-order chi connectivity index (χ0) is 22.8. The Balaban J connectivity index is 1.58. The molecule has 0 spiro atoms. The van der Waals surface area contributed by atoms with Gasteiger partial charge < -0.3 is 10.2 Å². The molecule has 4 aliphatic carbocycles. The molecular formula is C28H44O3. The van der Waals surface area contributed by atoms with Gasteiger partial charge in [0.15, 0.2) is 5.78 Å².